The van der Waals surface area contributed by atoms with Crippen molar-refractivity contribution in [1.29, 1.82) is 21.2 Å². The molecule has 9 nitrogen and oxygen atoms in total. The van der Waals surface area contributed by atoms with E-state index in [9.17, 15) is 15.8 Å². The highest BCUT2D eigenvalue weighted by Crippen LogP contribution is 2.67. The Morgan fingerprint density at radius 3 is 2.00 bits per heavy atom. The van der Waals surface area contributed by atoms with Gasteiger partial charge in [0.15, 0.2) is 16.9 Å². The fraction of sp³-hybridized carbons (Fsp3) is 0.500. The second-order valence-electron chi connectivity index (χ2n) is 7.07. The first-order chi connectivity index (χ1) is 13.7. The van der Waals surface area contributed by atoms with Crippen LogP contribution in [0.5, 0.6) is 17.2 Å². The highest BCUT2D eigenvalue weighted by Gasteiger charge is 2.78. The van der Waals surface area contributed by atoms with Crippen LogP contribution in [0.4, 0.5) is 0 Å². The first-order valence-electron chi connectivity index (χ1n) is 8.74. The quantitative estimate of drug-likeness (QED) is 0.818. The van der Waals surface area contributed by atoms with Gasteiger partial charge in [-0.2, -0.15) is 15.8 Å². The molecule has 2 bridgehead atoms. The van der Waals surface area contributed by atoms with Gasteiger partial charge in [0.05, 0.1) is 45.5 Å². The molecule has 0 saturated carbocycles. The Morgan fingerprint density at radius 2 is 1.52 bits per heavy atom. The van der Waals surface area contributed by atoms with Crippen molar-refractivity contribution in [1.82, 2.24) is 0 Å². The number of nitrogens with zero attached hydrogens (tertiary/aromatic N) is 3. The molecule has 2 aliphatic rings. The van der Waals surface area contributed by atoms with E-state index in [4.69, 9.17) is 29.1 Å². The van der Waals surface area contributed by atoms with E-state index in [1.54, 1.807) is 26.0 Å². The SMILES string of the molecule is COc1cc(OC)c(C2OC3(C)OC(=N)C(C#N)(C3C)C2(C#N)C#N)cc1OC. The van der Waals surface area contributed by atoms with Crippen LogP contribution in [0.25, 0.3) is 0 Å². The van der Waals surface area contributed by atoms with E-state index in [0.717, 1.165) is 0 Å². The summed E-state index contributed by atoms with van der Waals surface area (Å²) in [6.07, 6.45) is -1.25. The first-order valence-corrected chi connectivity index (χ1v) is 8.74. The Labute approximate surface area is 168 Å². The van der Waals surface area contributed by atoms with Crippen molar-refractivity contribution >= 4 is 5.90 Å². The molecule has 9 heteroatoms. The average molecular weight is 396 g/mol. The second-order valence-corrected chi connectivity index (χ2v) is 7.07. The van der Waals surface area contributed by atoms with Crippen LogP contribution < -0.4 is 14.2 Å². The third-order valence-corrected chi connectivity index (χ3v) is 6.01. The molecule has 0 radical (unpaired) electrons. The van der Waals surface area contributed by atoms with Crippen molar-refractivity contribution in [2.75, 3.05) is 21.3 Å². The lowest BCUT2D eigenvalue weighted by atomic mass is 9.54. The molecule has 2 heterocycles. The van der Waals surface area contributed by atoms with Gasteiger partial charge in [-0.1, -0.05) is 6.92 Å². The molecule has 1 N–H and O–H groups in total. The molecule has 4 atom stereocenters. The van der Waals surface area contributed by atoms with Crippen LogP contribution in [0.3, 0.4) is 0 Å². The van der Waals surface area contributed by atoms with Gasteiger partial charge < -0.3 is 23.7 Å². The van der Waals surface area contributed by atoms with Gasteiger partial charge in [0.2, 0.25) is 17.1 Å². The molecule has 29 heavy (non-hydrogen) atoms. The molecular weight excluding hydrogens is 376 g/mol. The largest absolute Gasteiger partial charge is 0.496 e. The maximum absolute atomic E-state index is 10.1. The summed E-state index contributed by atoms with van der Waals surface area (Å²) in [4.78, 5) is 0. The molecule has 150 valence electrons. The summed E-state index contributed by atoms with van der Waals surface area (Å²) < 4.78 is 27.8. The maximum Gasteiger partial charge on any atom is 0.214 e. The van der Waals surface area contributed by atoms with E-state index in [2.05, 4.69) is 0 Å². The van der Waals surface area contributed by atoms with Gasteiger partial charge in [0.1, 0.15) is 11.9 Å². The van der Waals surface area contributed by atoms with E-state index >= 15 is 0 Å². The summed E-state index contributed by atoms with van der Waals surface area (Å²) in [7, 11) is 4.33. The molecule has 2 fully saturated rings. The number of nitriles is 3. The number of hydrogen-bond donors (Lipinski definition) is 1. The number of hydrogen-bond acceptors (Lipinski definition) is 9. The maximum atomic E-state index is 10.1. The average Bonchev–Trinajstić information content (AvgIpc) is 2.87. The predicted molar refractivity (Wildman–Crippen MR) is 98.0 cm³/mol. The van der Waals surface area contributed by atoms with E-state index < -0.39 is 34.5 Å². The summed E-state index contributed by atoms with van der Waals surface area (Å²) in [5.41, 5.74) is -3.59. The lowest BCUT2D eigenvalue weighted by Crippen LogP contribution is -2.57. The molecule has 2 aliphatic heterocycles. The lowest BCUT2D eigenvalue weighted by Gasteiger charge is -2.47. The van der Waals surface area contributed by atoms with Crippen LogP contribution >= 0.6 is 0 Å². The summed E-state index contributed by atoms with van der Waals surface area (Å²) in [6.45, 7) is 3.22. The van der Waals surface area contributed by atoms with Crippen LogP contribution in [0.1, 0.15) is 25.5 Å². The van der Waals surface area contributed by atoms with Crippen LogP contribution in [-0.2, 0) is 9.47 Å². The minimum Gasteiger partial charge on any atom is -0.496 e. The molecule has 2 saturated heterocycles. The monoisotopic (exact) mass is 396 g/mol. The highest BCUT2D eigenvalue weighted by molar-refractivity contribution is 5.89. The Kier molecular flexibility index (Phi) is 4.57. The molecule has 0 aliphatic carbocycles. The molecule has 4 unspecified atom stereocenters. The van der Waals surface area contributed by atoms with Gasteiger partial charge in [-0.25, -0.2) is 0 Å². The summed E-state index contributed by atoms with van der Waals surface area (Å²) in [5.74, 6) is -1.60. The zero-order chi connectivity index (χ0) is 21.6. The Bertz CT molecular complexity index is 990. The van der Waals surface area contributed by atoms with Gasteiger partial charge in [-0.05, 0) is 6.07 Å². The zero-order valence-corrected chi connectivity index (χ0v) is 16.7. The molecule has 0 amide bonds. The van der Waals surface area contributed by atoms with Gasteiger partial charge in [0.25, 0.3) is 0 Å². The van der Waals surface area contributed by atoms with Crippen LogP contribution in [-0.4, -0.2) is 33.0 Å². The molecule has 1 aromatic carbocycles. The standard InChI is InChI=1S/C20H20N4O5/c1-11-18(2)28-16(12-6-14(26-4)15(27-5)7-13(12)25-3)19(8-21,9-22)20(11,10-23)17(24)29-18/h6-7,11,16,24H,1-5H3. The van der Waals surface area contributed by atoms with Crippen molar-refractivity contribution < 1.29 is 23.7 Å². The van der Waals surface area contributed by atoms with E-state index in [-0.39, 0.29) is 5.75 Å². The van der Waals surface area contributed by atoms with E-state index in [0.29, 0.717) is 17.1 Å². The number of fused-ring (bicyclic) bond motifs is 2. The van der Waals surface area contributed by atoms with Crippen LogP contribution in [0, 0.1) is 56.2 Å². The van der Waals surface area contributed by atoms with Gasteiger partial charge in [0, 0.05) is 18.6 Å². The molecule has 0 spiro atoms. The molecular formula is C20H20N4O5. The minimum atomic E-state index is -2.07. The Morgan fingerprint density at radius 1 is 0.966 bits per heavy atom. The molecule has 3 rings (SSSR count). The topological polar surface area (TPSA) is 141 Å². The first kappa shape index (κ1) is 20.3. The third-order valence-electron chi connectivity index (χ3n) is 6.01. The normalized spacial score (nSPS) is 31.6. The van der Waals surface area contributed by atoms with Crippen LogP contribution in [0.2, 0.25) is 0 Å². The number of rotatable bonds is 4. The zero-order valence-electron chi connectivity index (χ0n) is 16.7. The van der Waals surface area contributed by atoms with Crippen LogP contribution in [0.15, 0.2) is 12.1 Å². The smallest absolute Gasteiger partial charge is 0.214 e. The lowest BCUT2D eigenvalue weighted by molar-refractivity contribution is -0.269. The molecule has 1 aromatic rings. The Balaban J connectivity index is 2.37. The fourth-order valence-corrected chi connectivity index (χ4v) is 4.25. The number of methoxy groups -OCH3 is 3. The fourth-order valence-electron chi connectivity index (χ4n) is 4.25. The van der Waals surface area contributed by atoms with Crippen molar-refractivity contribution in [3.63, 3.8) is 0 Å². The minimum absolute atomic E-state index is 0.277. The Hall–Kier alpha value is -3.48. The van der Waals surface area contributed by atoms with Crippen molar-refractivity contribution in [2.45, 2.75) is 25.7 Å². The highest BCUT2D eigenvalue weighted by atomic mass is 16.7. The van der Waals surface area contributed by atoms with E-state index in [1.807, 2.05) is 18.2 Å². The number of nitrogens with one attached hydrogen (secondary N) is 1. The number of ether oxygens (including phenoxy) is 5. The number of benzene rings is 1. The summed E-state index contributed by atoms with van der Waals surface area (Å²) in [6, 6.07) is 9.08. The van der Waals surface area contributed by atoms with Crippen molar-refractivity contribution in [3.05, 3.63) is 17.7 Å². The summed E-state index contributed by atoms with van der Waals surface area (Å²) in [5, 5.41) is 38.7. The molecule has 0 aromatic heterocycles. The van der Waals surface area contributed by atoms with Gasteiger partial charge in [-0.3, -0.25) is 5.41 Å². The van der Waals surface area contributed by atoms with Crippen molar-refractivity contribution in [2.24, 2.45) is 16.7 Å². The van der Waals surface area contributed by atoms with Crippen molar-refractivity contribution in [3.8, 4) is 35.5 Å². The second kappa shape index (κ2) is 6.55. The van der Waals surface area contributed by atoms with Gasteiger partial charge >= 0.3 is 0 Å². The van der Waals surface area contributed by atoms with E-state index in [1.165, 1.54) is 21.3 Å². The summed E-state index contributed by atoms with van der Waals surface area (Å²) >= 11 is 0. The van der Waals surface area contributed by atoms with Gasteiger partial charge in [-0.15, -0.1) is 0 Å². The predicted octanol–water partition coefficient (Wildman–Crippen LogP) is 2.69. The third kappa shape index (κ3) is 2.24.